The Morgan fingerprint density at radius 1 is 1.22 bits per heavy atom. The fraction of sp³-hybridized carbons (Fsp3) is 0.222. The van der Waals surface area contributed by atoms with Crippen molar-refractivity contribution >= 4 is 11.6 Å². The van der Waals surface area contributed by atoms with Crippen molar-refractivity contribution in [2.45, 2.75) is 19.9 Å². The van der Waals surface area contributed by atoms with E-state index in [1.165, 1.54) is 0 Å². The highest BCUT2D eigenvalue weighted by Gasteiger charge is 2.10. The first-order valence-electron chi connectivity index (χ1n) is 7.50. The van der Waals surface area contributed by atoms with Crippen molar-refractivity contribution in [1.82, 2.24) is 14.8 Å². The Bertz CT molecular complexity index is 814. The van der Waals surface area contributed by atoms with E-state index in [0.29, 0.717) is 17.4 Å². The van der Waals surface area contributed by atoms with Crippen LogP contribution < -0.4 is 4.74 Å². The highest BCUT2D eigenvalue weighted by molar-refractivity contribution is 6.30. The molecule has 5 heteroatoms. The molecule has 1 aromatic carbocycles. The first-order valence-corrected chi connectivity index (χ1v) is 7.88. The lowest BCUT2D eigenvalue weighted by Crippen LogP contribution is -2.03. The zero-order valence-corrected chi connectivity index (χ0v) is 13.9. The van der Waals surface area contributed by atoms with Gasteiger partial charge in [0.25, 0.3) is 0 Å². The normalized spacial score (nSPS) is 10.7. The quantitative estimate of drug-likeness (QED) is 0.704. The van der Waals surface area contributed by atoms with E-state index < -0.39 is 0 Å². The van der Waals surface area contributed by atoms with Crippen LogP contribution in [0.25, 0.3) is 11.1 Å². The summed E-state index contributed by atoms with van der Waals surface area (Å²) in [6, 6.07) is 11.8. The van der Waals surface area contributed by atoms with Crippen LogP contribution in [0.4, 0.5) is 0 Å². The second kappa shape index (κ2) is 6.84. The highest BCUT2D eigenvalue weighted by atomic mass is 35.5. The molecule has 0 amide bonds. The van der Waals surface area contributed by atoms with E-state index in [1.807, 2.05) is 47.4 Å². The Kier molecular flexibility index (Phi) is 4.63. The van der Waals surface area contributed by atoms with E-state index in [4.69, 9.17) is 16.3 Å². The Morgan fingerprint density at radius 3 is 2.78 bits per heavy atom. The minimum absolute atomic E-state index is 0.589. The molecule has 0 spiro atoms. The SMILES string of the molecule is CCc1ccn(Cc2cnc(OC)c(-c3cccc(Cl)c3)c2)n1. The maximum atomic E-state index is 6.10. The molecule has 0 saturated heterocycles. The van der Waals surface area contributed by atoms with Crippen molar-refractivity contribution in [3.8, 4) is 17.0 Å². The number of aromatic nitrogens is 3. The number of hydrogen-bond acceptors (Lipinski definition) is 3. The van der Waals surface area contributed by atoms with E-state index >= 15 is 0 Å². The number of halogens is 1. The average Bonchev–Trinajstić information content (AvgIpc) is 3.02. The molecule has 3 rings (SSSR count). The van der Waals surface area contributed by atoms with E-state index in [-0.39, 0.29) is 0 Å². The Hall–Kier alpha value is -2.33. The van der Waals surface area contributed by atoms with E-state index in [0.717, 1.165) is 28.8 Å². The van der Waals surface area contributed by atoms with Gasteiger partial charge in [-0.2, -0.15) is 5.10 Å². The van der Waals surface area contributed by atoms with Crippen LogP contribution in [-0.4, -0.2) is 21.9 Å². The summed E-state index contributed by atoms with van der Waals surface area (Å²) in [6.07, 6.45) is 4.74. The van der Waals surface area contributed by atoms with Crippen LogP contribution in [0, 0.1) is 0 Å². The smallest absolute Gasteiger partial charge is 0.221 e. The van der Waals surface area contributed by atoms with Gasteiger partial charge in [-0.05, 0) is 41.8 Å². The summed E-state index contributed by atoms with van der Waals surface area (Å²) in [5.41, 5.74) is 4.06. The van der Waals surface area contributed by atoms with Gasteiger partial charge in [0.05, 0.1) is 19.3 Å². The minimum Gasteiger partial charge on any atom is -0.481 e. The first-order chi connectivity index (χ1) is 11.2. The van der Waals surface area contributed by atoms with Crippen molar-refractivity contribution in [3.63, 3.8) is 0 Å². The van der Waals surface area contributed by atoms with Gasteiger partial charge in [-0.25, -0.2) is 4.98 Å². The molecule has 3 aromatic rings. The second-order valence-corrected chi connectivity index (χ2v) is 5.71. The van der Waals surface area contributed by atoms with Crippen molar-refractivity contribution < 1.29 is 4.74 Å². The molecule has 0 atom stereocenters. The Balaban J connectivity index is 1.95. The van der Waals surface area contributed by atoms with Crippen LogP contribution in [0.5, 0.6) is 5.88 Å². The largest absolute Gasteiger partial charge is 0.481 e. The van der Waals surface area contributed by atoms with Gasteiger partial charge in [0, 0.05) is 23.0 Å². The van der Waals surface area contributed by atoms with Crippen LogP contribution >= 0.6 is 11.6 Å². The number of nitrogens with zero attached hydrogens (tertiary/aromatic N) is 3. The molecule has 0 unspecified atom stereocenters. The predicted molar refractivity (Wildman–Crippen MR) is 91.9 cm³/mol. The van der Waals surface area contributed by atoms with Gasteiger partial charge < -0.3 is 4.74 Å². The molecule has 23 heavy (non-hydrogen) atoms. The summed E-state index contributed by atoms with van der Waals surface area (Å²) in [4.78, 5) is 4.42. The van der Waals surface area contributed by atoms with Crippen LogP contribution in [0.3, 0.4) is 0 Å². The summed E-state index contributed by atoms with van der Waals surface area (Å²) < 4.78 is 7.31. The average molecular weight is 328 g/mol. The van der Waals surface area contributed by atoms with Crippen molar-refractivity contribution in [2.24, 2.45) is 0 Å². The summed E-state index contributed by atoms with van der Waals surface area (Å²) in [5.74, 6) is 0.589. The molecule has 0 N–H and O–H groups in total. The lowest BCUT2D eigenvalue weighted by molar-refractivity contribution is 0.399. The summed E-state index contributed by atoms with van der Waals surface area (Å²) >= 11 is 6.10. The fourth-order valence-electron chi connectivity index (χ4n) is 2.47. The van der Waals surface area contributed by atoms with Crippen LogP contribution in [0.1, 0.15) is 18.2 Å². The second-order valence-electron chi connectivity index (χ2n) is 5.27. The standard InChI is InChI=1S/C18H18ClN3O/c1-3-16-7-8-22(21-16)12-13-9-17(18(23-2)20-11-13)14-5-4-6-15(19)10-14/h4-11H,3,12H2,1-2H3. The topological polar surface area (TPSA) is 39.9 Å². The van der Waals surface area contributed by atoms with Gasteiger partial charge in [-0.15, -0.1) is 0 Å². The predicted octanol–water partition coefficient (Wildman–Crippen LogP) is 4.22. The maximum absolute atomic E-state index is 6.10. The zero-order valence-electron chi connectivity index (χ0n) is 13.2. The minimum atomic E-state index is 0.589. The zero-order chi connectivity index (χ0) is 16.2. The number of ether oxygens (including phenoxy) is 1. The lowest BCUT2D eigenvalue weighted by Gasteiger charge is -2.10. The number of hydrogen-bond donors (Lipinski definition) is 0. The van der Waals surface area contributed by atoms with Crippen LogP contribution in [0.2, 0.25) is 5.02 Å². The number of aryl methyl sites for hydroxylation is 1. The van der Waals surface area contributed by atoms with Gasteiger partial charge in [0.2, 0.25) is 5.88 Å². The molecule has 0 aliphatic rings. The van der Waals surface area contributed by atoms with Gasteiger partial charge >= 0.3 is 0 Å². The molecule has 0 saturated carbocycles. The number of pyridine rings is 1. The number of methoxy groups -OCH3 is 1. The summed E-state index contributed by atoms with van der Waals surface area (Å²) in [7, 11) is 1.62. The molecule has 4 nitrogen and oxygen atoms in total. The molecule has 2 heterocycles. The van der Waals surface area contributed by atoms with Gasteiger partial charge in [0.1, 0.15) is 0 Å². The molecule has 0 aliphatic carbocycles. The van der Waals surface area contributed by atoms with E-state index in [1.54, 1.807) is 7.11 Å². The lowest BCUT2D eigenvalue weighted by atomic mass is 10.1. The first kappa shape index (κ1) is 15.6. The molecule has 0 fully saturated rings. The van der Waals surface area contributed by atoms with Crippen molar-refractivity contribution in [2.75, 3.05) is 7.11 Å². The van der Waals surface area contributed by atoms with Crippen molar-refractivity contribution in [1.29, 1.82) is 0 Å². The molecule has 0 radical (unpaired) electrons. The van der Waals surface area contributed by atoms with Crippen LogP contribution in [-0.2, 0) is 13.0 Å². The van der Waals surface area contributed by atoms with Crippen LogP contribution in [0.15, 0.2) is 48.8 Å². The Labute approximate surface area is 140 Å². The molecular formula is C18H18ClN3O. The summed E-state index contributed by atoms with van der Waals surface area (Å²) in [5, 5.41) is 5.21. The molecule has 2 aromatic heterocycles. The monoisotopic (exact) mass is 327 g/mol. The number of benzene rings is 1. The maximum Gasteiger partial charge on any atom is 0.221 e. The summed E-state index contributed by atoms with van der Waals surface area (Å²) in [6.45, 7) is 2.77. The molecule has 0 aliphatic heterocycles. The van der Waals surface area contributed by atoms with Gasteiger partial charge in [-0.1, -0.05) is 30.7 Å². The van der Waals surface area contributed by atoms with E-state index in [9.17, 15) is 0 Å². The van der Waals surface area contributed by atoms with Gasteiger partial charge in [-0.3, -0.25) is 4.68 Å². The third-order valence-electron chi connectivity index (χ3n) is 3.64. The third-order valence-corrected chi connectivity index (χ3v) is 3.87. The highest BCUT2D eigenvalue weighted by Crippen LogP contribution is 2.30. The molecule has 0 bridgehead atoms. The fourth-order valence-corrected chi connectivity index (χ4v) is 2.67. The molecule has 118 valence electrons. The molecular weight excluding hydrogens is 310 g/mol. The number of rotatable bonds is 5. The van der Waals surface area contributed by atoms with Gasteiger partial charge in [0.15, 0.2) is 0 Å². The Morgan fingerprint density at radius 2 is 2.09 bits per heavy atom. The van der Waals surface area contributed by atoms with E-state index in [2.05, 4.69) is 23.1 Å². The third kappa shape index (κ3) is 3.54. The van der Waals surface area contributed by atoms with Crippen molar-refractivity contribution in [3.05, 3.63) is 65.1 Å².